The van der Waals surface area contributed by atoms with Crippen LogP contribution >= 0.6 is 11.3 Å². The van der Waals surface area contributed by atoms with E-state index < -0.39 is 0 Å². The quantitative estimate of drug-likeness (QED) is 0.583. The van der Waals surface area contributed by atoms with Gasteiger partial charge in [0.05, 0.1) is 25.6 Å². The van der Waals surface area contributed by atoms with E-state index in [4.69, 9.17) is 9.47 Å². The highest BCUT2D eigenvalue weighted by molar-refractivity contribution is 7.13. The van der Waals surface area contributed by atoms with Crippen LogP contribution in [0.4, 0.5) is 4.79 Å². The van der Waals surface area contributed by atoms with Gasteiger partial charge in [0.2, 0.25) is 0 Å². The molecular formula is C19H23N5O4S. The van der Waals surface area contributed by atoms with Gasteiger partial charge in [0.1, 0.15) is 0 Å². The number of thiophene rings is 1. The number of methoxy groups -OCH3 is 2. The van der Waals surface area contributed by atoms with Crippen LogP contribution in [0.2, 0.25) is 0 Å². The normalized spacial score (nSPS) is 10.6. The van der Waals surface area contributed by atoms with Gasteiger partial charge in [0, 0.05) is 20.1 Å². The maximum Gasteiger partial charge on any atom is 0.346 e. The Hall–Kier alpha value is -3.27. The molecule has 0 atom stereocenters. The predicted molar refractivity (Wildman–Crippen MR) is 111 cm³/mol. The average molecular weight is 417 g/mol. The Morgan fingerprint density at radius 2 is 1.97 bits per heavy atom. The highest BCUT2D eigenvalue weighted by atomic mass is 32.1. The topological polar surface area (TPSA) is 99.4 Å². The van der Waals surface area contributed by atoms with Crippen LogP contribution in [0.5, 0.6) is 11.5 Å². The number of amides is 2. The minimum atomic E-state index is -0.331. The standard InChI is InChI=1S/C19H23N5O4S/c1-23-17(16-5-4-10-29-16)22-24(19(23)26)9-8-20-18(25)21-12-13-6-7-14(27-2)15(11-13)28-3/h4-7,10-11H,8-9,12H2,1-3H3,(H2,20,21,25). The van der Waals surface area contributed by atoms with E-state index in [-0.39, 0.29) is 24.8 Å². The number of carbonyl (C=O) groups excluding carboxylic acids is 1. The summed E-state index contributed by atoms with van der Waals surface area (Å²) in [4.78, 5) is 25.3. The van der Waals surface area contributed by atoms with Gasteiger partial charge >= 0.3 is 11.7 Å². The molecule has 0 aliphatic carbocycles. The number of urea groups is 1. The molecule has 0 radical (unpaired) electrons. The van der Waals surface area contributed by atoms with Gasteiger partial charge < -0.3 is 20.1 Å². The monoisotopic (exact) mass is 417 g/mol. The molecule has 0 saturated heterocycles. The molecule has 0 unspecified atom stereocenters. The molecule has 0 spiro atoms. The third-order valence-electron chi connectivity index (χ3n) is 4.29. The molecule has 2 heterocycles. The molecule has 9 nitrogen and oxygen atoms in total. The Morgan fingerprint density at radius 3 is 2.66 bits per heavy atom. The first-order valence-electron chi connectivity index (χ1n) is 8.93. The van der Waals surface area contributed by atoms with Crippen molar-refractivity contribution >= 4 is 17.4 Å². The average Bonchev–Trinajstić information content (AvgIpc) is 3.36. The molecule has 2 N–H and O–H groups in total. The third kappa shape index (κ3) is 4.77. The van der Waals surface area contributed by atoms with Crippen LogP contribution in [0.15, 0.2) is 40.5 Å². The van der Waals surface area contributed by atoms with Crippen molar-refractivity contribution in [2.75, 3.05) is 20.8 Å². The van der Waals surface area contributed by atoms with E-state index in [2.05, 4.69) is 15.7 Å². The van der Waals surface area contributed by atoms with Gasteiger partial charge in [-0.3, -0.25) is 4.57 Å². The van der Waals surface area contributed by atoms with Crippen molar-refractivity contribution in [3.8, 4) is 22.2 Å². The number of hydrogen-bond donors (Lipinski definition) is 2. The number of ether oxygens (including phenoxy) is 2. The number of aromatic nitrogens is 3. The van der Waals surface area contributed by atoms with Crippen LogP contribution in [0, 0.1) is 0 Å². The van der Waals surface area contributed by atoms with Gasteiger partial charge in [-0.15, -0.1) is 16.4 Å². The van der Waals surface area contributed by atoms with E-state index in [1.807, 2.05) is 23.6 Å². The summed E-state index contributed by atoms with van der Waals surface area (Å²) in [5, 5.41) is 11.8. The Balaban J connectivity index is 1.51. The fourth-order valence-electron chi connectivity index (χ4n) is 2.76. The number of carbonyl (C=O) groups is 1. The Labute approximate surface area is 171 Å². The lowest BCUT2D eigenvalue weighted by Gasteiger charge is -2.11. The summed E-state index contributed by atoms with van der Waals surface area (Å²) >= 11 is 1.52. The zero-order valence-corrected chi connectivity index (χ0v) is 17.3. The summed E-state index contributed by atoms with van der Waals surface area (Å²) in [6.45, 7) is 0.888. The van der Waals surface area contributed by atoms with Crippen molar-refractivity contribution in [1.82, 2.24) is 25.0 Å². The molecule has 0 aliphatic heterocycles. The lowest BCUT2D eigenvalue weighted by atomic mass is 10.2. The molecule has 0 bridgehead atoms. The summed E-state index contributed by atoms with van der Waals surface area (Å²) in [7, 11) is 4.81. The first-order valence-corrected chi connectivity index (χ1v) is 9.81. The van der Waals surface area contributed by atoms with Gasteiger partial charge in [0.15, 0.2) is 17.3 Å². The molecule has 2 amide bonds. The molecule has 3 rings (SSSR count). The summed E-state index contributed by atoms with van der Waals surface area (Å²) in [5.41, 5.74) is 0.653. The minimum Gasteiger partial charge on any atom is -0.493 e. The number of nitrogens with one attached hydrogen (secondary N) is 2. The minimum absolute atomic E-state index is 0.221. The number of hydrogen-bond acceptors (Lipinski definition) is 6. The second kappa shape index (κ2) is 9.28. The molecule has 0 saturated carbocycles. The molecular weight excluding hydrogens is 394 g/mol. The maximum atomic E-state index is 12.3. The van der Waals surface area contributed by atoms with Crippen LogP contribution < -0.4 is 25.8 Å². The largest absolute Gasteiger partial charge is 0.493 e. The first kappa shape index (κ1) is 20.5. The van der Waals surface area contributed by atoms with E-state index in [9.17, 15) is 9.59 Å². The number of rotatable bonds is 8. The Bertz CT molecular complexity index is 1030. The molecule has 2 aromatic heterocycles. The van der Waals surface area contributed by atoms with E-state index in [0.29, 0.717) is 23.9 Å². The summed E-state index contributed by atoms with van der Waals surface area (Å²) in [5.74, 6) is 1.84. The van der Waals surface area contributed by atoms with Crippen LogP contribution in [0.3, 0.4) is 0 Å². The summed E-state index contributed by atoms with van der Waals surface area (Å²) < 4.78 is 13.3. The number of benzene rings is 1. The summed E-state index contributed by atoms with van der Waals surface area (Å²) in [6.07, 6.45) is 0. The second-order valence-electron chi connectivity index (χ2n) is 6.16. The molecule has 0 aliphatic rings. The van der Waals surface area contributed by atoms with Gasteiger partial charge in [0.25, 0.3) is 0 Å². The highest BCUT2D eigenvalue weighted by Gasteiger charge is 2.13. The van der Waals surface area contributed by atoms with Crippen molar-refractivity contribution in [3.05, 3.63) is 51.8 Å². The van der Waals surface area contributed by atoms with Gasteiger partial charge in [-0.05, 0) is 29.1 Å². The SMILES string of the molecule is COc1ccc(CNC(=O)NCCn2nc(-c3cccs3)n(C)c2=O)cc1OC. The zero-order valence-electron chi connectivity index (χ0n) is 16.5. The lowest BCUT2D eigenvalue weighted by molar-refractivity contribution is 0.240. The van der Waals surface area contributed by atoms with Gasteiger partial charge in [-0.1, -0.05) is 12.1 Å². The number of nitrogens with zero attached hydrogens (tertiary/aromatic N) is 3. The van der Waals surface area contributed by atoms with E-state index in [1.165, 1.54) is 20.6 Å². The van der Waals surface area contributed by atoms with Gasteiger partial charge in [-0.2, -0.15) is 0 Å². The Morgan fingerprint density at radius 1 is 1.17 bits per heavy atom. The van der Waals surface area contributed by atoms with Crippen LogP contribution in [-0.4, -0.2) is 41.1 Å². The van der Waals surface area contributed by atoms with Crippen LogP contribution in [-0.2, 0) is 20.1 Å². The fraction of sp³-hybridized carbons (Fsp3) is 0.316. The predicted octanol–water partition coefficient (Wildman–Crippen LogP) is 1.83. The third-order valence-corrected chi connectivity index (χ3v) is 5.16. The van der Waals surface area contributed by atoms with Crippen molar-refractivity contribution in [2.24, 2.45) is 7.05 Å². The molecule has 3 aromatic rings. The molecule has 1 aromatic carbocycles. The molecule has 29 heavy (non-hydrogen) atoms. The maximum absolute atomic E-state index is 12.3. The van der Waals surface area contributed by atoms with E-state index in [1.54, 1.807) is 33.4 Å². The van der Waals surface area contributed by atoms with Crippen LogP contribution in [0.25, 0.3) is 10.7 Å². The molecule has 0 fully saturated rings. The highest BCUT2D eigenvalue weighted by Crippen LogP contribution is 2.27. The molecule has 10 heteroatoms. The van der Waals surface area contributed by atoms with E-state index >= 15 is 0 Å². The molecule has 154 valence electrons. The lowest BCUT2D eigenvalue weighted by Crippen LogP contribution is -2.38. The van der Waals surface area contributed by atoms with Crippen molar-refractivity contribution < 1.29 is 14.3 Å². The van der Waals surface area contributed by atoms with Crippen molar-refractivity contribution in [2.45, 2.75) is 13.1 Å². The van der Waals surface area contributed by atoms with Crippen molar-refractivity contribution in [3.63, 3.8) is 0 Å². The van der Waals surface area contributed by atoms with Crippen LogP contribution in [0.1, 0.15) is 5.56 Å². The first-order chi connectivity index (χ1) is 14.0. The van der Waals surface area contributed by atoms with Gasteiger partial charge in [-0.25, -0.2) is 14.3 Å². The smallest absolute Gasteiger partial charge is 0.346 e. The fourth-order valence-corrected chi connectivity index (χ4v) is 3.51. The second-order valence-corrected chi connectivity index (χ2v) is 7.11. The summed E-state index contributed by atoms with van der Waals surface area (Å²) in [6, 6.07) is 8.93. The zero-order chi connectivity index (χ0) is 20.8. The van der Waals surface area contributed by atoms with E-state index in [0.717, 1.165) is 10.4 Å². The van der Waals surface area contributed by atoms with Crippen molar-refractivity contribution in [1.29, 1.82) is 0 Å². The Kier molecular flexibility index (Phi) is 6.55.